The molecule has 92 valence electrons. The molecule has 2 unspecified atom stereocenters. The normalized spacial score (nSPS) is 15.0. The number of nitrogens with one attached hydrogen (secondary N) is 1. The van der Waals surface area contributed by atoms with Crippen LogP contribution in [0.3, 0.4) is 0 Å². The summed E-state index contributed by atoms with van der Waals surface area (Å²) in [6.45, 7) is 7.94. The first-order valence-electron chi connectivity index (χ1n) is 6.17. The topological polar surface area (TPSA) is 12.0 Å². The Hall–Kier alpha value is 0.140. The van der Waals surface area contributed by atoms with Crippen LogP contribution in [0.15, 0.2) is 15.9 Å². The van der Waals surface area contributed by atoms with Crippen molar-refractivity contribution in [2.45, 2.75) is 46.1 Å². The third-order valence-electron chi connectivity index (χ3n) is 2.83. The van der Waals surface area contributed by atoms with E-state index in [1.807, 2.05) is 11.3 Å². The Morgan fingerprint density at radius 1 is 1.31 bits per heavy atom. The summed E-state index contributed by atoms with van der Waals surface area (Å²) in [6, 6.07) is 4.92. The van der Waals surface area contributed by atoms with Crippen LogP contribution in [0.4, 0.5) is 0 Å². The van der Waals surface area contributed by atoms with Crippen molar-refractivity contribution in [3.8, 4) is 0 Å². The molecular weight excluding hydrogens is 282 g/mol. The van der Waals surface area contributed by atoms with Crippen molar-refractivity contribution < 1.29 is 0 Å². The first-order chi connectivity index (χ1) is 7.69. The molecule has 0 spiro atoms. The largest absolute Gasteiger partial charge is 0.309 e. The van der Waals surface area contributed by atoms with Crippen molar-refractivity contribution in [1.29, 1.82) is 0 Å². The lowest BCUT2D eigenvalue weighted by atomic mass is 9.95. The number of hydrogen-bond donors (Lipinski definition) is 1. The Morgan fingerprint density at radius 2 is 2.06 bits per heavy atom. The summed E-state index contributed by atoms with van der Waals surface area (Å²) >= 11 is 5.40. The molecule has 1 rings (SSSR count). The first-order valence-corrected chi connectivity index (χ1v) is 7.78. The quantitative estimate of drug-likeness (QED) is 0.748. The molecule has 0 saturated heterocycles. The maximum absolute atomic E-state index is 3.67. The lowest BCUT2D eigenvalue weighted by molar-refractivity contribution is 0.368. The van der Waals surface area contributed by atoms with Gasteiger partial charge in [0.2, 0.25) is 0 Å². The molecule has 0 aromatic carbocycles. The zero-order valence-electron chi connectivity index (χ0n) is 10.4. The minimum atomic E-state index is 0.524. The molecule has 2 atom stereocenters. The smallest absolute Gasteiger partial charge is 0.0701 e. The van der Waals surface area contributed by atoms with Crippen molar-refractivity contribution in [2.75, 3.05) is 6.54 Å². The molecule has 0 aliphatic rings. The minimum Gasteiger partial charge on any atom is -0.309 e. The Balaban J connectivity index is 2.69. The average Bonchev–Trinajstić information content (AvgIpc) is 2.66. The van der Waals surface area contributed by atoms with Crippen molar-refractivity contribution in [2.24, 2.45) is 5.92 Å². The molecule has 1 nitrogen and oxygen atoms in total. The molecule has 0 fully saturated rings. The van der Waals surface area contributed by atoms with Crippen LogP contribution in [-0.2, 0) is 0 Å². The Bertz CT molecular complexity index is 298. The van der Waals surface area contributed by atoms with Crippen molar-refractivity contribution in [3.05, 3.63) is 20.8 Å². The maximum atomic E-state index is 3.67. The number of rotatable bonds is 7. The molecule has 0 saturated carbocycles. The second-order valence-corrected chi connectivity index (χ2v) is 6.83. The van der Waals surface area contributed by atoms with Gasteiger partial charge >= 0.3 is 0 Å². The molecule has 0 aliphatic heterocycles. The monoisotopic (exact) mass is 303 g/mol. The van der Waals surface area contributed by atoms with Gasteiger partial charge in [-0.05, 0) is 53.4 Å². The summed E-state index contributed by atoms with van der Waals surface area (Å²) in [5.74, 6) is 0.710. The zero-order valence-corrected chi connectivity index (χ0v) is 12.8. The molecule has 1 aromatic heterocycles. The van der Waals surface area contributed by atoms with Gasteiger partial charge in [-0.3, -0.25) is 0 Å². The van der Waals surface area contributed by atoms with Gasteiger partial charge in [-0.1, -0.05) is 27.2 Å². The van der Waals surface area contributed by atoms with E-state index in [9.17, 15) is 0 Å². The first kappa shape index (κ1) is 14.2. The predicted molar refractivity (Wildman–Crippen MR) is 77.1 cm³/mol. The molecule has 16 heavy (non-hydrogen) atoms. The van der Waals surface area contributed by atoms with E-state index in [0.29, 0.717) is 12.0 Å². The highest BCUT2D eigenvalue weighted by molar-refractivity contribution is 9.11. The summed E-state index contributed by atoms with van der Waals surface area (Å²) in [5, 5.41) is 3.67. The third kappa shape index (κ3) is 4.19. The molecule has 3 heteroatoms. The molecule has 0 bridgehead atoms. The Kier molecular flexibility index (Phi) is 6.62. The summed E-state index contributed by atoms with van der Waals surface area (Å²) in [6.07, 6.45) is 3.75. The lowest BCUT2D eigenvalue weighted by Gasteiger charge is -2.24. The van der Waals surface area contributed by atoms with E-state index < -0.39 is 0 Å². The molecule has 0 radical (unpaired) electrons. The van der Waals surface area contributed by atoms with Crippen LogP contribution in [0, 0.1) is 5.92 Å². The van der Waals surface area contributed by atoms with Crippen LogP contribution in [0.25, 0.3) is 0 Å². The van der Waals surface area contributed by atoms with Gasteiger partial charge in [-0.2, -0.15) is 0 Å². The van der Waals surface area contributed by atoms with E-state index in [4.69, 9.17) is 0 Å². The van der Waals surface area contributed by atoms with E-state index in [1.54, 1.807) is 0 Å². The van der Waals surface area contributed by atoms with Crippen LogP contribution in [-0.4, -0.2) is 6.54 Å². The van der Waals surface area contributed by atoms with Crippen LogP contribution in [0.1, 0.15) is 51.0 Å². The van der Waals surface area contributed by atoms with Crippen LogP contribution in [0.5, 0.6) is 0 Å². The highest BCUT2D eigenvalue weighted by Gasteiger charge is 2.19. The Morgan fingerprint density at radius 3 is 2.56 bits per heavy atom. The SMILES string of the molecule is CCCNC(c1ccc(Br)s1)C(C)CCC. The van der Waals surface area contributed by atoms with E-state index in [0.717, 1.165) is 6.54 Å². The van der Waals surface area contributed by atoms with Gasteiger partial charge in [0.15, 0.2) is 0 Å². The van der Waals surface area contributed by atoms with E-state index >= 15 is 0 Å². The van der Waals surface area contributed by atoms with E-state index in [-0.39, 0.29) is 0 Å². The fourth-order valence-electron chi connectivity index (χ4n) is 2.00. The fraction of sp³-hybridized carbons (Fsp3) is 0.692. The summed E-state index contributed by atoms with van der Waals surface area (Å²) in [5.41, 5.74) is 0. The van der Waals surface area contributed by atoms with Gasteiger partial charge in [-0.25, -0.2) is 0 Å². The molecule has 1 heterocycles. The second kappa shape index (κ2) is 7.46. The lowest BCUT2D eigenvalue weighted by Crippen LogP contribution is -2.26. The number of thiophene rings is 1. The summed E-state index contributed by atoms with van der Waals surface area (Å²) in [7, 11) is 0. The van der Waals surface area contributed by atoms with E-state index in [1.165, 1.54) is 27.9 Å². The standard InChI is InChI=1S/C13H22BrNS/c1-4-6-10(3)13(15-9-5-2)11-7-8-12(14)16-11/h7-8,10,13,15H,4-6,9H2,1-3H3. The number of hydrogen-bond acceptors (Lipinski definition) is 2. The number of halogens is 1. The van der Waals surface area contributed by atoms with Crippen LogP contribution < -0.4 is 5.32 Å². The zero-order chi connectivity index (χ0) is 12.0. The molecule has 1 N–H and O–H groups in total. The molecule has 0 amide bonds. The van der Waals surface area contributed by atoms with Gasteiger partial charge in [0.05, 0.1) is 3.79 Å². The van der Waals surface area contributed by atoms with Crippen molar-refractivity contribution in [1.82, 2.24) is 5.32 Å². The van der Waals surface area contributed by atoms with Gasteiger partial charge in [-0.15, -0.1) is 11.3 Å². The average molecular weight is 304 g/mol. The molecule has 1 aromatic rings. The van der Waals surface area contributed by atoms with Gasteiger partial charge < -0.3 is 5.32 Å². The Labute approximate surface area is 112 Å². The summed E-state index contributed by atoms with van der Waals surface area (Å²) < 4.78 is 1.23. The van der Waals surface area contributed by atoms with Crippen molar-refractivity contribution in [3.63, 3.8) is 0 Å². The van der Waals surface area contributed by atoms with E-state index in [2.05, 4.69) is 54.2 Å². The van der Waals surface area contributed by atoms with Crippen molar-refractivity contribution >= 4 is 27.3 Å². The fourth-order valence-corrected chi connectivity index (χ4v) is 3.63. The van der Waals surface area contributed by atoms with Gasteiger partial charge in [0.1, 0.15) is 0 Å². The highest BCUT2D eigenvalue weighted by atomic mass is 79.9. The molecule has 0 aliphatic carbocycles. The maximum Gasteiger partial charge on any atom is 0.0701 e. The van der Waals surface area contributed by atoms with Gasteiger partial charge in [0, 0.05) is 10.9 Å². The summed E-state index contributed by atoms with van der Waals surface area (Å²) in [4.78, 5) is 1.46. The predicted octanol–water partition coefficient (Wildman–Crippen LogP) is 4.99. The highest BCUT2D eigenvalue weighted by Crippen LogP contribution is 2.33. The molecular formula is C13H22BrNS. The van der Waals surface area contributed by atoms with Gasteiger partial charge in [0.25, 0.3) is 0 Å². The van der Waals surface area contributed by atoms with Crippen LogP contribution >= 0.6 is 27.3 Å². The second-order valence-electron chi connectivity index (χ2n) is 4.34. The van der Waals surface area contributed by atoms with Crippen LogP contribution in [0.2, 0.25) is 0 Å². The third-order valence-corrected chi connectivity index (χ3v) is 4.53. The minimum absolute atomic E-state index is 0.524.